The molecule has 1 amide bonds. The van der Waals surface area contributed by atoms with E-state index in [0.717, 1.165) is 50.9 Å². The monoisotopic (exact) mass is 407 g/mol. The quantitative estimate of drug-likeness (QED) is 0.778. The fourth-order valence-corrected chi connectivity index (χ4v) is 5.56. The number of amides is 1. The van der Waals surface area contributed by atoms with E-state index in [1.807, 2.05) is 19.9 Å². The van der Waals surface area contributed by atoms with E-state index in [2.05, 4.69) is 10.2 Å². The standard InChI is InChI=1S/C21H33N3O3S/c1-17(2)15-21(25)22-19-16-18(28(26,27)24-13-7-4-8-14-24)9-10-20(19)23-11-5-3-6-12-23/h9-10,16-17H,3-8,11-15H2,1-2H3,(H,22,25). The largest absolute Gasteiger partial charge is 0.370 e. The van der Waals surface area contributed by atoms with Crippen LogP contribution in [0.5, 0.6) is 0 Å². The molecule has 2 fully saturated rings. The zero-order chi connectivity index (χ0) is 20.1. The Balaban J connectivity index is 1.92. The molecule has 0 aromatic heterocycles. The van der Waals surface area contributed by atoms with Crippen LogP contribution in [-0.4, -0.2) is 44.8 Å². The van der Waals surface area contributed by atoms with Gasteiger partial charge in [-0.3, -0.25) is 4.79 Å². The third-order valence-electron chi connectivity index (χ3n) is 5.49. The zero-order valence-electron chi connectivity index (χ0n) is 17.1. The van der Waals surface area contributed by atoms with Crippen molar-refractivity contribution in [2.45, 2.75) is 63.7 Å². The highest BCUT2D eigenvalue weighted by atomic mass is 32.2. The molecular formula is C21H33N3O3S. The van der Waals surface area contributed by atoms with Crippen LogP contribution in [0.15, 0.2) is 23.1 Å². The number of nitrogens with one attached hydrogen (secondary N) is 1. The van der Waals surface area contributed by atoms with Gasteiger partial charge in [0.1, 0.15) is 0 Å². The summed E-state index contributed by atoms with van der Waals surface area (Å²) in [5.74, 6) is 0.180. The van der Waals surface area contributed by atoms with Gasteiger partial charge in [0.05, 0.1) is 16.3 Å². The van der Waals surface area contributed by atoms with E-state index in [-0.39, 0.29) is 16.7 Å². The van der Waals surface area contributed by atoms with Crippen molar-refractivity contribution in [3.05, 3.63) is 18.2 Å². The molecule has 2 saturated heterocycles. The predicted molar refractivity (Wildman–Crippen MR) is 113 cm³/mol. The Kier molecular flexibility index (Phi) is 6.99. The second kappa shape index (κ2) is 9.27. The first kappa shape index (κ1) is 21.1. The molecule has 1 aromatic rings. The summed E-state index contributed by atoms with van der Waals surface area (Å²) in [5, 5.41) is 2.99. The van der Waals surface area contributed by atoms with E-state index in [0.29, 0.717) is 25.2 Å². The average Bonchev–Trinajstić information content (AvgIpc) is 2.68. The first-order chi connectivity index (χ1) is 13.4. The van der Waals surface area contributed by atoms with Gasteiger partial charge < -0.3 is 10.2 Å². The van der Waals surface area contributed by atoms with Crippen molar-refractivity contribution in [1.29, 1.82) is 0 Å². The van der Waals surface area contributed by atoms with Crippen LogP contribution in [0.25, 0.3) is 0 Å². The number of piperidine rings is 2. The molecule has 2 aliphatic rings. The molecule has 156 valence electrons. The normalized spacial score (nSPS) is 19.0. The molecule has 28 heavy (non-hydrogen) atoms. The van der Waals surface area contributed by atoms with Crippen LogP contribution in [-0.2, 0) is 14.8 Å². The van der Waals surface area contributed by atoms with Crippen molar-refractivity contribution >= 4 is 27.3 Å². The minimum Gasteiger partial charge on any atom is -0.370 e. The maximum atomic E-state index is 13.1. The van der Waals surface area contributed by atoms with Crippen LogP contribution in [0.4, 0.5) is 11.4 Å². The number of benzene rings is 1. The molecule has 3 rings (SSSR count). The summed E-state index contributed by atoms with van der Waals surface area (Å²) in [5.41, 5.74) is 1.54. The van der Waals surface area contributed by atoms with Gasteiger partial charge in [0.2, 0.25) is 15.9 Å². The summed E-state index contributed by atoms with van der Waals surface area (Å²) < 4.78 is 27.8. The molecule has 6 nitrogen and oxygen atoms in total. The average molecular weight is 408 g/mol. The minimum absolute atomic E-state index is 0.0687. The summed E-state index contributed by atoms with van der Waals surface area (Å²) in [4.78, 5) is 15.0. The van der Waals surface area contributed by atoms with E-state index in [1.165, 1.54) is 6.42 Å². The smallest absolute Gasteiger partial charge is 0.243 e. The summed E-state index contributed by atoms with van der Waals surface area (Å²) in [6.45, 7) is 7.03. The van der Waals surface area contributed by atoms with Crippen molar-refractivity contribution < 1.29 is 13.2 Å². The highest BCUT2D eigenvalue weighted by Crippen LogP contribution is 2.33. The molecule has 0 aliphatic carbocycles. The molecule has 1 N–H and O–H groups in total. The Morgan fingerprint density at radius 3 is 2.21 bits per heavy atom. The van der Waals surface area contributed by atoms with Gasteiger partial charge >= 0.3 is 0 Å². The maximum absolute atomic E-state index is 13.1. The molecule has 0 atom stereocenters. The van der Waals surface area contributed by atoms with E-state index in [4.69, 9.17) is 0 Å². The molecule has 1 aromatic carbocycles. The number of rotatable bonds is 6. The van der Waals surface area contributed by atoms with Gasteiger partial charge in [-0.1, -0.05) is 20.3 Å². The summed E-state index contributed by atoms with van der Waals surface area (Å²) in [6.07, 6.45) is 6.76. The summed E-state index contributed by atoms with van der Waals surface area (Å²) in [7, 11) is -3.53. The molecular weight excluding hydrogens is 374 g/mol. The fraction of sp³-hybridized carbons (Fsp3) is 0.667. The lowest BCUT2D eigenvalue weighted by Gasteiger charge is -2.31. The first-order valence-electron chi connectivity index (χ1n) is 10.6. The van der Waals surface area contributed by atoms with Crippen molar-refractivity contribution in [2.75, 3.05) is 36.4 Å². The molecule has 2 heterocycles. The lowest BCUT2D eigenvalue weighted by Crippen LogP contribution is -2.36. The van der Waals surface area contributed by atoms with E-state index >= 15 is 0 Å². The lowest BCUT2D eigenvalue weighted by molar-refractivity contribution is -0.116. The minimum atomic E-state index is -3.53. The fourth-order valence-electron chi connectivity index (χ4n) is 4.01. The van der Waals surface area contributed by atoms with Gasteiger partial charge in [-0.2, -0.15) is 4.31 Å². The van der Waals surface area contributed by atoms with Crippen LogP contribution in [0.1, 0.15) is 58.8 Å². The van der Waals surface area contributed by atoms with Crippen LogP contribution >= 0.6 is 0 Å². The van der Waals surface area contributed by atoms with E-state index in [9.17, 15) is 13.2 Å². The molecule has 0 bridgehead atoms. The third-order valence-corrected chi connectivity index (χ3v) is 7.38. The number of hydrogen-bond donors (Lipinski definition) is 1. The molecule has 7 heteroatoms. The van der Waals surface area contributed by atoms with Crippen LogP contribution in [0, 0.1) is 5.92 Å². The number of sulfonamides is 1. The lowest BCUT2D eigenvalue weighted by atomic mass is 10.1. The molecule has 0 unspecified atom stereocenters. The molecule has 2 aliphatic heterocycles. The summed E-state index contributed by atoms with van der Waals surface area (Å²) in [6, 6.07) is 5.23. The topological polar surface area (TPSA) is 69.7 Å². The molecule has 0 saturated carbocycles. The van der Waals surface area contributed by atoms with Crippen molar-refractivity contribution in [3.63, 3.8) is 0 Å². The number of anilines is 2. The Morgan fingerprint density at radius 1 is 1.00 bits per heavy atom. The Hall–Kier alpha value is -1.60. The predicted octanol–water partition coefficient (Wildman–Crippen LogP) is 3.84. The highest BCUT2D eigenvalue weighted by molar-refractivity contribution is 7.89. The number of hydrogen-bond acceptors (Lipinski definition) is 4. The Morgan fingerprint density at radius 2 is 1.61 bits per heavy atom. The first-order valence-corrected chi connectivity index (χ1v) is 12.0. The van der Waals surface area contributed by atoms with Crippen LogP contribution < -0.4 is 10.2 Å². The van der Waals surface area contributed by atoms with Gasteiger partial charge in [-0.15, -0.1) is 0 Å². The van der Waals surface area contributed by atoms with Crippen LogP contribution in [0.2, 0.25) is 0 Å². The van der Waals surface area contributed by atoms with Crippen LogP contribution in [0.3, 0.4) is 0 Å². The second-order valence-corrected chi connectivity index (χ2v) is 10.3. The highest BCUT2D eigenvalue weighted by Gasteiger charge is 2.27. The van der Waals surface area contributed by atoms with Gasteiger partial charge in [0.25, 0.3) is 0 Å². The second-order valence-electron chi connectivity index (χ2n) is 8.34. The number of carbonyl (C=O) groups excluding carboxylic acids is 1. The third kappa shape index (κ3) is 5.06. The Labute approximate surface area is 169 Å². The molecule has 0 radical (unpaired) electrons. The summed E-state index contributed by atoms with van der Waals surface area (Å²) >= 11 is 0. The van der Waals surface area contributed by atoms with Crippen molar-refractivity contribution in [1.82, 2.24) is 4.31 Å². The molecule has 0 spiro atoms. The van der Waals surface area contributed by atoms with Gasteiger partial charge in [-0.05, 0) is 56.2 Å². The van der Waals surface area contributed by atoms with Gasteiger partial charge in [0, 0.05) is 32.6 Å². The number of nitrogens with zero attached hydrogens (tertiary/aromatic N) is 2. The number of carbonyl (C=O) groups is 1. The van der Waals surface area contributed by atoms with Gasteiger partial charge in [-0.25, -0.2) is 8.42 Å². The SMILES string of the molecule is CC(C)CC(=O)Nc1cc(S(=O)(=O)N2CCCCC2)ccc1N1CCCCC1. The van der Waals surface area contributed by atoms with Crippen molar-refractivity contribution in [2.24, 2.45) is 5.92 Å². The van der Waals surface area contributed by atoms with E-state index in [1.54, 1.807) is 16.4 Å². The zero-order valence-corrected chi connectivity index (χ0v) is 17.9. The maximum Gasteiger partial charge on any atom is 0.243 e. The van der Waals surface area contributed by atoms with E-state index < -0.39 is 10.0 Å². The van der Waals surface area contributed by atoms with Gasteiger partial charge in [0.15, 0.2) is 0 Å². The Bertz CT molecular complexity index is 780. The van der Waals surface area contributed by atoms with Crippen molar-refractivity contribution in [3.8, 4) is 0 Å².